The van der Waals surface area contributed by atoms with Crippen molar-refractivity contribution in [2.24, 2.45) is 0 Å². The van der Waals surface area contributed by atoms with E-state index in [9.17, 15) is 15.3 Å². The summed E-state index contributed by atoms with van der Waals surface area (Å²) in [6.45, 7) is 3.30. The molecule has 2 saturated heterocycles. The number of aliphatic hydroxyl groups excluding tert-OH is 3. The molecule has 3 aromatic rings. The minimum absolute atomic E-state index is 0.167. The number of ether oxygens (including phenoxy) is 1. The highest BCUT2D eigenvalue weighted by Gasteiger charge is 2.44. The van der Waals surface area contributed by atoms with Crippen molar-refractivity contribution in [1.82, 2.24) is 24.5 Å². The zero-order valence-electron chi connectivity index (χ0n) is 17.0. The van der Waals surface area contributed by atoms with E-state index in [1.165, 1.54) is 12.7 Å². The lowest BCUT2D eigenvalue weighted by Crippen LogP contribution is -2.33. The van der Waals surface area contributed by atoms with Gasteiger partial charge in [-0.15, -0.1) is 0 Å². The highest BCUT2D eigenvalue weighted by molar-refractivity contribution is 5.83. The highest BCUT2D eigenvalue weighted by atomic mass is 16.6. The van der Waals surface area contributed by atoms with Gasteiger partial charge in [-0.3, -0.25) is 4.57 Å². The number of nitrogens with zero attached hydrogens (tertiary/aromatic N) is 6. The molecule has 2 aliphatic heterocycles. The van der Waals surface area contributed by atoms with Crippen molar-refractivity contribution in [3.05, 3.63) is 36.5 Å². The standard InChI is InChI=1S/C20H25N7O4/c1-11-2-3-14(21-6-11)26-5-4-12(7-26)25-18-15-19(23-9-22-18)27(10-24-15)20-17(30)16(29)13(8-28)31-20/h2-3,6,9-10,12-13,16-17,20,28-30H,4-5,7-8H2,1H3,(H,22,23,25)/t12-,13?,16?,17?,20?/m0/s1. The van der Waals surface area contributed by atoms with Crippen LogP contribution in [0.4, 0.5) is 11.6 Å². The molecule has 0 radical (unpaired) electrons. The molecule has 31 heavy (non-hydrogen) atoms. The van der Waals surface area contributed by atoms with Crippen LogP contribution in [-0.2, 0) is 4.74 Å². The summed E-state index contributed by atoms with van der Waals surface area (Å²) in [5.74, 6) is 1.55. The number of aromatic nitrogens is 5. The third kappa shape index (κ3) is 3.59. The van der Waals surface area contributed by atoms with E-state index in [4.69, 9.17) is 4.74 Å². The van der Waals surface area contributed by atoms with Crippen molar-refractivity contribution < 1.29 is 20.1 Å². The molecule has 0 aromatic carbocycles. The molecule has 0 bridgehead atoms. The van der Waals surface area contributed by atoms with Crippen LogP contribution in [0, 0.1) is 6.92 Å². The Bertz CT molecular complexity index is 1060. The van der Waals surface area contributed by atoms with Crippen molar-refractivity contribution in [1.29, 1.82) is 0 Å². The second-order valence-corrected chi connectivity index (χ2v) is 8.04. The molecule has 11 heteroatoms. The maximum Gasteiger partial charge on any atom is 0.167 e. The van der Waals surface area contributed by atoms with Crippen molar-refractivity contribution in [3.63, 3.8) is 0 Å². The number of imidazole rings is 1. The Hall–Kier alpha value is -2.86. The van der Waals surface area contributed by atoms with Gasteiger partial charge in [0.1, 0.15) is 30.5 Å². The smallest absolute Gasteiger partial charge is 0.167 e. The molecule has 5 rings (SSSR count). The molecule has 2 aliphatic rings. The minimum Gasteiger partial charge on any atom is -0.394 e. The minimum atomic E-state index is -1.20. The van der Waals surface area contributed by atoms with Gasteiger partial charge in [0.25, 0.3) is 0 Å². The molecule has 0 aliphatic carbocycles. The van der Waals surface area contributed by atoms with Crippen LogP contribution in [0.2, 0.25) is 0 Å². The molecule has 2 fully saturated rings. The van der Waals surface area contributed by atoms with Gasteiger partial charge in [-0.2, -0.15) is 0 Å². The van der Waals surface area contributed by atoms with Gasteiger partial charge in [0.05, 0.1) is 12.9 Å². The van der Waals surface area contributed by atoms with E-state index < -0.39 is 31.1 Å². The second kappa shape index (κ2) is 8.00. The van der Waals surface area contributed by atoms with Gasteiger partial charge in [0.2, 0.25) is 0 Å². The highest BCUT2D eigenvalue weighted by Crippen LogP contribution is 2.32. The van der Waals surface area contributed by atoms with E-state index in [0.717, 1.165) is 30.9 Å². The average Bonchev–Trinajstić information content (AvgIpc) is 3.48. The van der Waals surface area contributed by atoms with E-state index in [1.807, 2.05) is 19.2 Å². The quantitative estimate of drug-likeness (QED) is 0.434. The van der Waals surface area contributed by atoms with Gasteiger partial charge < -0.3 is 30.3 Å². The summed E-state index contributed by atoms with van der Waals surface area (Å²) >= 11 is 0. The number of fused-ring (bicyclic) bond motifs is 1. The number of hydrogen-bond donors (Lipinski definition) is 4. The first kappa shape index (κ1) is 20.1. The summed E-state index contributed by atoms with van der Waals surface area (Å²) < 4.78 is 7.17. The van der Waals surface area contributed by atoms with Crippen LogP contribution in [0.5, 0.6) is 0 Å². The Kier molecular flexibility index (Phi) is 5.18. The molecule has 5 atom stereocenters. The molecule has 0 spiro atoms. The molecule has 4 unspecified atom stereocenters. The number of rotatable bonds is 5. The molecule has 5 heterocycles. The number of pyridine rings is 1. The Balaban J connectivity index is 1.34. The van der Waals surface area contributed by atoms with Gasteiger partial charge in [-0.05, 0) is 25.0 Å². The monoisotopic (exact) mass is 427 g/mol. The molecule has 4 N–H and O–H groups in total. The molecular weight excluding hydrogens is 402 g/mol. The predicted octanol–water partition coefficient (Wildman–Crippen LogP) is -0.168. The Morgan fingerprint density at radius 2 is 2.03 bits per heavy atom. The van der Waals surface area contributed by atoms with Gasteiger partial charge in [-0.1, -0.05) is 6.07 Å². The van der Waals surface area contributed by atoms with Crippen LogP contribution in [0.1, 0.15) is 18.2 Å². The lowest BCUT2D eigenvalue weighted by molar-refractivity contribution is -0.0511. The third-order valence-corrected chi connectivity index (χ3v) is 5.90. The van der Waals surface area contributed by atoms with Crippen LogP contribution in [-0.4, -0.2) is 83.9 Å². The van der Waals surface area contributed by atoms with Gasteiger partial charge >= 0.3 is 0 Å². The summed E-state index contributed by atoms with van der Waals surface area (Å²) in [5, 5.41) is 33.2. The fourth-order valence-electron chi connectivity index (χ4n) is 4.18. The van der Waals surface area contributed by atoms with E-state index in [2.05, 4.69) is 36.2 Å². The van der Waals surface area contributed by atoms with Crippen molar-refractivity contribution in [2.75, 3.05) is 29.9 Å². The fraction of sp³-hybridized carbons (Fsp3) is 0.500. The summed E-state index contributed by atoms with van der Waals surface area (Å²) in [7, 11) is 0. The summed E-state index contributed by atoms with van der Waals surface area (Å²) in [5.41, 5.74) is 2.15. The number of hydrogen-bond acceptors (Lipinski definition) is 10. The zero-order chi connectivity index (χ0) is 21.5. The van der Waals surface area contributed by atoms with Crippen molar-refractivity contribution in [3.8, 4) is 0 Å². The largest absolute Gasteiger partial charge is 0.394 e. The van der Waals surface area contributed by atoms with E-state index in [0.29, 0.717) is 17.0 Å². The molecule has 164 valence electrons. The van der Waals surface area contributed by atoms with Crippen LogP contribution in [0.25, 0.3) is 11.2 Å². The van der Waals surface area contributed by atoms with Crippen molar-refractivity contribution >= 4 is 22.8 Å². The first-order chi connectivity index (χ1) is 15.0. The number of anilines is 2. The van der Waals surface area contributed by atoms with Crippen molar-refractivity contribution in [2.45, 2.75) is 43.9 Å². The van der Waals surface area contributed by atoms with Gasteiger partial charge in [0, 0.05) is 25.3 Å². The average molecular weight is 427 g/mol. The van der Waals surface area contributed by atoms with E-state index in [-0.39, 0.29) is 6.04 Å². The third-order valence-electron chi connectivity index (χ3n) is 5.90. The van der Waals surface area contributed by atoms with Crippen LogP contribution in [0.3, 0.4) is 0 Å². The molecule has 0 amide bonds. The maximum absolute atomic E-state index is 10.3. The summed E-state index contributed by atoms with van der Waals surface area (Å²) in [6.07, 6.45) is 1.58. The molecule has 0 saturated carbocycles. The normalized spacial score (nSPS) is 28.5. The first-order valence-electron chi connectivity index (χ1n) is 10.3. The maximum atomic E-state index is 10.3. The molecule has 3 aromatic heterocycles. The number of aliphatic hydroxyl groups is 3. The number of nitrogens with one attached hydrogen (secondary N) is 1. The van der Waals surface area contributed by atoms with Crippen LogP contribution >= 0.6 is 0 Å². The fourth-order valence-corrected chi connectivity index (χ4v) is 4.18. The Labute approximate surface area is 178 Å². The Morgan fingerprint density at radius 3 is 2.77 bits per heavy atom. The van der Waals surface area contributed by atoms with Gasteiger partial charge in [0.15, 0.2) is 23.2 Å². The van der Waals surface area contributed by atoms with Crippen LogP contribution < -0.4 is 10.2 Å². The first-order valence-corrected chi connectivity index (χ1v) is 10.3. The summed E-state index contributed by atoms with van der Waals surface area (Å²) in [4.78, 5) is 19.8. The zero-order valence-corrected chi connectivity index (χ0v) is 17.0. The van der Waals surface area contributed by atoms with E-state index in [1.54, 1.807) is 4.57 Å². The van der Waals surface area contributed by atoms with Crippen LogP contribution in [0.15, 0.2) is 31.0 Å². The predicted molar refractivity (Wildman–Crippen MR) is 112 cm³/mol. The number of aryl methyl sites for hydroxylation is 1. The Morgan fingerprint density at radius 1 is 1.16 bits per heavy atom. The molecular formula is C20H25N7O4. The van der Waals surface area contributed by atoms with E-state index >= 15 is 0 Å². The topological polar surface area (TPSA) is 142 Å². The SMILES string of the molecule is Cc1ccc(N2CC[C@H](Nc3ncnc4c3ncn4C3OC(CO)C(O)C3O)C2)nc1. The summed E-state index contributed by atoms with van der Waals surface area (Å²) in [6, 6.07) is 4.25. The molecule has 11 nitrogen and oxygen atoms in total. The lowest BCUT2D eigenvalue weighted by atomic mass is 10.1. The van der Waals surface area contributed by atoms with Gasteiger partial charge in [-0.25, -0.2) is 19.9 Å². The lowest BCUT2D eigenvalue weighted by Gasteiger charge is -2.18. The second-order valence-electron chi connectivity index (χ2n) is 8.04.